The van der Waals surface area contributed by atoms with Crippen molar-refractivity contribution in [3.05, 3.63) is 83.2 Å². The van der Waals surface area contributed by atoms with Crippen molar-refractivity contribution in [1.29, 1.82) is 0 Å². The van der Waals surface area contributed by atoms with Gasteiger partial charge in [0.25, 0.3) is 5.91 Å². The van der Waals surface area contributed by atoms with Crippen molar-refractivity contribution in [2.45, 2.75) is 19.0 Å². The number of hydrogen-bond donors (Lipinski definition) is 0. The van der Waals surface area contributed by atoms with Crippen LogP contribution in [0.4, 0.5) is 18.9 Å². The molecule has 0 radical (unpaired) electrons. The fourth-order valence-electron chi connectivity index (χ4n) is 4.72. The summed E-state index contributed by atoms with van der Waals surface area (Å²) in [5.74, 6) is -0.201. The summed E-state index contributed by atoms with van der Waals surface area (Å²) >= 11 is 3.41. The Bertz CT molecular complexity index is 1410. The molecule has 34 heavy (non-hydrogen) atoms. The lowest BCUT2D eigenvalue weighted by Crippen LogP contribution is -2.38. The maximum absolute atomic E-state index is 13.8. The first-order valence-electron chi connectivity index (χ1n) is 10.9. The molecule has 1 aliphatic heterocycles. The van der Waals surface area contributed by atoms with Crippen LogP contribution in [0.2, 0.25) is 0 Å². The highest BCUT2D eigenvalue weighted by molar-refractivity contribution is 9.09. The molecule has 2 heterocycles. The number of anilines is 1. The second-order valence-corrected chi connectivity index (χ2v) is 9.17. The van der Waals surface area contributed by atoms with Crippen LogP contribution >= 0.6 is 15.9 Å². The molecular formula is C26H21BrF3N3O. The van der Waals surface area contributed by atoms with Gasteiger partial charge in [-0.15, -0.1) is 0 Å². The van der Waals surface area contributed by atoms with Crippen LogP contribution in [-0.4, -0.2) is 27.6 Å². The molecule has 0 unspecified atom stereocenters. The summed E-state index contributed by atoms with van der Waals surface area (Å²) in [5, 5.41) is 6.30. The van der Waals surface area contributed by atoms with Crippen LogP contribution in [0, 0.1) is 0 Å². The summed E-state index contributed by atoms with van der Waals surface area (Å²) in [7, 11) is 1.47. The first kappa shape index (κ1) is 22.7. The molecule has 0 saturated carbocycles. The monoisotopic (exact) mass is 527 g/mol. The Morgan fingerprint density at radius 3 is 2.53 bits per heavy atom. The molecule has 174 valence electrons. The van der Waals surface area contributed by atoms with Gasteiger partial charge in [0.05, 0.1) is 5.69 Å². The summed E-state index contributed by atoms with van der Waals surface area (Å²) in [5.41, 5.74) is 2.20. The number of nitrogens with zero attached hydrogens (tertiary/aromatic N) is 3. The fraction of sp³-hybridized carbons (Fsp3) is 0.231. The van der Waals surface area contributed by atoms with Gasteiger partial charge in [0.2, 0.25) is 0 Å². The lowest BCUT2D eigenvalue weighted by molar-refractivity contribution is -0.140. The minimum atomic E-state index is -4.59. The van der Waals surface area contributed by atoms with E-state index in [0.29, 0.717) is 41.4 Å². The molecule has 0 N–H and O–H groups in total. The number of carbonyl (C=O) groups excluding carboxylic acids is 1. The second-order valence-electron chi connectivity index (χ2n) is 8.38. The molecule has 4 nitrogen and oxygen atoms in total. The molecule has 1 aromatic heterocycles. The van der Waals surface area contributed by atoms with Crippen molar-refractivity contribution in [1.82, 2.24) is 9.78 Å². The molecular weight excluding hydrogens is 507 g/mol. The second kappa shape index (κ2) is 8.58. The van der Waals surface area contributed by atoms with Gasteiger partial charge in [-0.25, -0.2) is 0 Å². The van der Waals surface area contributed by atoms with Crippen molar-refractivity contribution in [2.75, 3.05) is 16.8 Å². The van der Waals surface area contributed by atoms with E-state index in [-0.39, 0.29) is 11.5 Å². The van der Waals surface area contributed by atoms with Gasteiger partial charge in [-0.1, -0.05) is 58.4 Å². The summed E-state index contributed by atoms with van der Waals surface area (Å²) in [6.07, 6.45) is -2.18. The number of aryl methyl sites for hydroxylation is 2. The molecule has 1 aliphatic rings. The Balaban J connectivity index is 1.68. The minimum Gasteiger partial charge on any atom is -0.307 e. The highest BCUT2D eigenvalue weighted by Gasteiger charge is 2.39. The molecule has 0 spiro atoms. The number of hydrogen-bond acceptors (Lipinski definition) is 2. The topological polar surface area (TPSA) is 38.1 Å². The zero-order valence-electron chi connectivity index (χ0n) is 18.4. The van der Waals surface area contributed by atoms with Crippen LogP contribution in [0.5, 0.6) is 0 Å². The van der Waals surface area contributed by atoms with Gasteiger partial charge >= 0.3 is 6.18 Å². The predicted octanol–water partition coefficient (Wildman–Crippen LogP) is 6.40. The number of fused-ring (bicyclic) bond motifs is 2. The van der Waals surface area contributed by atoms with Crippen LogP contribution in [0.1, 0.15) is 27.2 Å². The van der Waals surface area contributed by atoms with E-state index in [1.807, 2.05) is 48.5 Å². The van der Waals surface area contributed by atoms with Gasteiger partial charge < -0.3 is 4.90 Å². The van der Waals surface area contributed by atoms with E-state index in [2.05, 4.69) is 21.0 Å². The predicted molar refractivity (Wildman–Crippen MR) is 130 cm³/mol. The third-order valence-corrected chi connectivity index (χ3v) is 6.60. The normalized spacial score (nSPS) is 14.0. The number of aromatic nitrogens is 2. The molecule has 0 atom stereocenters. The standard InChI is InChI=1S/C26H21BrF3N3O/c1-32-15-22(24(31-32)26(28,29)30)20-13-16(9-11-27)14-21-19(20)10-12-33(25(21)34)23-8-4-6-17-5-2-3-7-18(17)23/h2-8,13-15H,9-12H2,1H3. The molecule has 1 amide bonds. The average Bonchev–Trinajstić information content (AvgIpc) is 3.21. The Kier molecular flexibility index (Phi) is 5.72. The van der Waals surface area contributed by atoms with E-state index in [1.165, 1.54) is 17.9 Å². The Labute approximate surface area is 203 Å². The molecule has 4 aromatic rings. The van der Waals surface area contributed by atoms with Gasteiger partial charge in [0.15, 0.2) is 5.69 Å². The van der Waals surface area contributed by atoms with E-state index < -0.39 is 11.9 Å². The van der Waals surface area contributed by atoms with E-state index in [4.69, 9.17) is 0 Å². The third kappa shape index (κ3) is 3.90. The van der Waals surface area contributed by atoms with E-state index in [1.54, 1.807) is 11.0 Å². The fourth-order valence-corrected chi connectivity index (χ4v) is 5.18. The summed E-state index contributed by atoms with van der Waals surface area (Å²) in [6.45, 7) is 0.381. The SMILES string of the molecule is Cn1cc(-c2cc(CCBr)cc3c2CCN(c2cccc4ccccc24)C3=O)c(C(F)(F)F)n1. The van der Waals surface area contributed by atoms with Crippen molar-refractivity contribution in [3.8, 4) is 11.1 Å². The summed E-state index contributed by atoms with van der Waals surface area (Å²) in [6, 6.07) is 17.3. The largest absolute Gasteiger partial charge is 0.435 e. The zero-order valence-corrected chi connectivity index (χ0v) is 19.9. The lowest BCUT2D eigenvalue weighted by atomic mass is 9.87. The van der Waals surface area contributed by atoms with Crippen LogP contribution in [0.15, 0.2) is 60.8 Å². The Morgan fingerprint density at radius 2 is 1.76 bits per heavy atom. The van der Waals surface area contributed by atoms with Crippen LogP contribution in [0.3, 0.4) is 0 Å². The van der Waals surface area contributed by atoms with E-state index >= 15 is 0 Å². The van der Waals surface area contributed by atoms with Gasteiger partial charge in [0, 0.05) is 41.6 Å². The highest BCUT2D eigenvalue weighted by atomic mass is 79.9. The van der Waals surface area contributed by atoms with Crippen LogP contribution in [0.25, 0.3) is 21.9 Å². The number of alkyl halides is 4. The first-order chi connectivity index (χ1) is 16.3. The van der Waals surface area contributed by atoms with E-state index in [0.717, 1.165) is 22.0 Å². The number of amides is 1. The van der Waals surface area contributed by atoms with E-state index in [9.17, 15) is 18.0 Å². The summed E-state index contributed by atoms with van der Waals surface area (Å²) < 4.78 is 42.5. The molecule has 3 aromatic carbocycles. The van der Waals surface area contributed by atoms with Gasteiger partial charge in [0.1, 0.15) is 0 Å². The summed E-state index contributed by atoms with van der Waals surface area (Å²) in [4.78, 5) is 15.5. The van der Waals surface area contributed by atoms with Gasteiger partial charge in [-0.05, 0) is 47.1 Å². The van der Waals surface area contributed by atoms with Crippen molar-refractivity contribution < 1.29 is 18.0 Å². The highest BCUT2D eigenvalue weighted by Crippen LogP contribution is 2.41. The number of rotatable bonds is 4. The first-order valence-corrected chi connectivity index (χ1v) is 12.0. The molecule has 0 bridgehead atoms. The maximum atomic E-state index is 13.8. The Hall–Kier alpha value is -3.13. The Morgan fingerprint density at radius 1 is 1.03 bits per heavy atom. The van der Waals surface area contributed by atoms with Crippen LogP contribution < -0.4 is 4.90 Å². The number of carbonyl (C=O) groups is 1. The average molecular weight is 528 g/mol. The van der Waals surface area contributed by atoms with Gasteiger partial charge in [-0.2, -0.15) is 18.3 Å². The molecule has 8 heteroatoms. The van der Waals surface area contributed by atoms with Crippen LogP contribution in [-0.2, 0) is 26.1 Å². The van der Waals surface area contributed by atoms with Crippen molar-refractivity contribution >= 4 is 38.3 Å². The molecule has 0 fully saturated rings. The minimum absolute atomic E-state index is 0.00841. The number of halogens is 4. The lowest BCUT2D eigenvalue weighted by Gasteiger charge is -2.31. The zero-order chi connectivity index (χ0) is 24.0. The van der Waals surface area contributed by atoms with Gasteiger partial charge in [-0.3, -0.25) is 9.48 Å². The molecule has 0 aliphatic carbocycles. The van der Waals surface area contributed by atoms with Crippen molar-refractivity contribution in [3.63, 3.8) is 0 Å². The van der Waals surface area contributed by atoms with Crippen molar-refractivity contribution in [2.24, 2.45) is 7.05 Å². The quantitative estimate of drug-likeness (QED) is 0.288. The smallest absolute Gasteiger partial charge is 0.307 e. The third-order valence-electron chi connectivity index (χ3n) is 6.20. The molecule has 0 saturated heterocycles. The molecule has 5 rings (SSSR count). The maximum Gasteiger partial charge on any atom is 0.435 e. The number of benzene rings is 3.